The van der Waals surface area contributed by atoms with Crippen LogP contribution < -0.4 is 0 Å². The van der Waals surface area contributed by atoms with Gasteiger partial charge in [-0.3, -0.25) is 0 Å². The van der Waals surface area contributed by atoms with Crippen LogP contribution in [0.5, 0.6) is 0 Å². The third-order valence-corrected chi connectivity index (χ3v) is 5.41. The van der Waals surface area contributed by atoms with Gasteiger partial charge in [0.2, 0.25) is 0 Å². The lowest BCUT2D eigenvalue weighted by atomic mass is 9.88. The number of rotatable bonds is 0. The van der Waals surface area contributed by atoms with E-state index in [0.29, 0.717) is 0 Å². The van der Waals surface area contributed by atoms with E-state index in [4.69, 9.17) is 0 Å². The molecule has 20 heavy (non-hydrogen) atoms. The molecule has 2 aliphatic rings. The maximum atomic E-state index is 1.91. The molecule has 2 aliphatic carbocycles. The third kappa shape index (κ3) is 6.46. The van der Waals surface area contributed by atoms with Crippen molar-refractivity contribution in [2.75, 3.05) is 0 Å². The summed E-state index contributed by atoms with van der Waals surface area (Å²) in [6.45, 7) is 0. The molecule has 0 amide bonds. The lowest BCUT2D eigenvalue weighted by Crippen LogP contribution is -1.99. The van der Waals surface area contributed by atoms with Gasteiger partial charge in [-0.1, -0.05) is 75.4 Å². The molecule has 116 valence electrons. The molecule has 0 saturated heterocycles. The van der Waals surface area contributed by atoms with Gasteiger partial charge in [-0.05, 0) is 51.4 Å². The molecule has 0 fully saturated rings. The highest BCUT2D eigenvalue weighted by molar-refractivity contribution is 5.15. The van der Waals surface area contributed by atoms with E-state index in [-0.39, 0.29) is 0 Å². The zero-order valence-corrected chi connectivity index (χ0v) is 13.7. The molecule has 0 aromatic carbocycles. The molecule has 0 aromatic heterocycles. The largest absolute Gasteiger partial charge is 0.0710 e. The molecule has 0 N–H and O–H groups in total. The zero-order chi connectivity index (χ0) is 13.9. The van der Waals surface area contributed by atoms with E-state index < -0.39 is 0 Å². The van der Waals surface area contributed by atoms with Crippen LogP contribution in [0.1, 0.15) is 116 Å². The summed E-state index contributed by atoms with van der Waals surface area (Å²) in [5.41, 5.74) is 3.82. The minimum absolute atomic E-state index is 1.44. The van der Waals surface area contributed by atoms with Crippen molar-refractivity contribution in [1.82, 2.24) is 0 Å². The number of hydrogen-bond acceptors (Lipinski definition) is 0. The van der Waals surface area contributed by atoms with E-state index in [1.54, 1.807) is 0 Å². The van der Waals surface area contributed by atoms with Gasteiger partial charge in [0.1, 0.15) is 0 Å². The van der Waals surface area contributed by atoms with E-state index >= 15 is 0 Å². The van der Waals surface area contributed by atoms with Crippen molar-refractivity contribution < 1.29 is 0 Å². The predicted molar refractivity (Wildman–Crippen MR) is 90.1 cm³/mol. The summed E-state index contributed by atoms with van der Waals surface area (Å²) in [5.74, 6) is 0. The molecule has 0 aromatic rings. The molecule has 0 heteroatoms. The van der Waals surface area contributed by atoms with Crippen LogP contribution in [0.4, 0.5) is 0 Å². The molecule has 0 spiro atoms. The Morgan fingerprint density at radius 1 is 0.250 bits per heavy atom. The van der Waals surface area contributed by atoms with Gasteiger partial charge in [0.15, 0.2) is 0 Å². The van der Waals surface area contributed by atoms with E-state index in [2.05, 4.69) is 0 Å². The smallest absolute Gasteiger partial charge is 0.0318 e. The van der Waals surface area contributed by atoms with Crippen LogP contribution in [-0.4, -0.2) is 0 Å². The fourth-order valence-electron chi connectivity index (χ4n) is 4.08. The summed E-state index contributed by atoms with van der Waals surface area (Å²) in [6, 6.07) is 0. The molecule has 0 aliphatic heterocycles. The predicted octanol–water partition coefficient (Wildman–Crippen LogP) is 7.33. The second-order valence-electron chi connectivity index (χ2n) is 7.16. The summed E-state index contributed by atoms with van der Waals surface area (Å²) in [7, 11) is 0. The second kappa shape index (κ2) is 10.5. The highest BCUT2D eigenvalue weighted by atomic mass is 14.2. The molecular formula is C20H36. The summed E-state index contributed by atoms with van der Waals surface area (Å²) in [5, 5.41) is 0. The van der Waals surface area contributed by atoms with Gasteiger partial charge in [0.25, 0.3) is 0 Å². The van der Waals surface area contributed by atoms with Crippen LogP contribution in [0, 0.1) is 0 Å². The SMILES string of the molecule is C1CCCCC/C2=C(\CCCC1)CCCCCCCC2. The third-order valence-electron chi connectivity index (χ3n) is 5.41. The molecule has 0 nitrogen and oxygen atoms in total. The molecule has 0 saturated carbocycles. The quantitative estimate of drug-likeness (QED) is 0.406. The minimum Gasteiger partial charge on any atom is -0.0710 e. The first-order valence-electron chi connectivity index (χ1n) is 9.66. The fraction of sp³-hybridized carbons (Fsp3) is 0.900. The first-order chi connectivity index (χ1) is 9.97. The van der Waals surface area contributed by atoms with Gasteiger partial charge in [-0.2, -0.15) is 0 Å². The van der Waals surface area contributed by atoms with Crippen molar-refractivity contribution in [3.63, 3.8) is 0 Å². The summed E-state index contributed by atoms with van der Waals surface area (Å²) in [6.07, 6.45) is 26.5. The van der Waals surface area contributed by atoms with Crippen molar-refractivity contribution >= 4 is 0 Å². The molecule has 0 bridgehead atoms. The van der Waals surface area contributed by atoms with Gasteiger partial charge in [0.05, 0.1) is 0 Å². The first kappa shape index (κ1) is 16.1. The molecular weight excluding hydrogens is 240 g/mol. The normalized spacial score (nSPS) is 28.8. The van der Waals surface area contributed by atoms with Crippen LogP contribution in [-0.2, 0) is 0 Å². The number of hydrogen-bond donors (Lipinski definition) is 0. The topological polar surface area (TPSA) is 0 Å². The van der Waals surface area contributed by atoms with Crippen LogP contribution in [0.3, 0.4) is 0 Å². The Hall–Kier alpha value is -0.260. The average Bonchev–Trinajstić information content (AvgIpc) is 2.46. The van der Waals surface area contributed by atoms with Crippen molar-refractivity contribution in [1.29, 1.82) is 0 Å². The maximum absolute atomic E-state index is 1.91. The Kier molecular flexibility index (Phi) is 8.43. The van der Waals surface area contributed by atoms with Crippen LogP contribution in [0.15, 0.2) is 11.1 Å². The monoisotopic (exact) mass is 276 g/mol. The van der Waals surface area contributed by atoms with Crippen molar-refractivity contribution in [3.8, 4) is 0 Å². The van der Waals surface area contributed by atoms with E-state index in [9.17, 15) is 0 Å². The molecule has 0 heterocycles. The highest BCUT2D eigenvalue weighted by Gasteiger charge is 2.10. The Balaban J connectivity index is 1.97. The lowest BCUT2D eigenvalue weighted by Gasteiger charge is -2.19. The van der Waals surface area contributed by atoms with E-state index in [1.165, 1.54) is 116 Å². The summed E-state index contributed by atoms with van der Waals surface area (Å²) < 4.78 is 0. The number of allylic oxidation sites excluding steroid dienone is 2. The van der Waals surface area contributed by atoms with Crippen LogP contribution in [0.25, 0.3) is 0 Å². The Labute approximate surface area is 127 Å². The zero-order valence-electron chi connectivity index (χ0n) is 13.7. The molecule has 2 rings (SSSR count). The Morgan fingerprint density at radius 2 is 0.450 bits per heavy atom. The average molecular weight is 277 g/mol. The minimum atomic E-state index is 1.44. The second-order valence-corrected chi connectivity index (χ2v) is 7.16. The lowest BCUT2D eigenvalue weighted by molar-refractivity contribution is 0.528. The van der Waals surface area contributed by atoms with Gasteiger partial charge in [0, 0.05) is 0 Å². The van der Waals surface area contributed by atoms with E-state index in [1.807, 2.05) is 11.1 Å². The van der Waals surface area contributed by atoms with Gasteiger partial charge < -0.3 is 0 Å². The van der Waals surface area contributed by atoms with Gasteiger partial charge >= 0.3 is 0 Å². The van der Waals surface area contributed by atoms with Gasteiger partial charge in [-0.25, -0.2) is 0 Å². The summed E-state index contributed by atoms with van der Waals surface area (Å²) >= 11 is 0. The fourth-order valence-corrected chi connectivity index (χ4v) is 4.08. The summed E-state index contributed by atoms with van der Waals surface area (Å²) in [4.78, 5) is 0. The van der Waals surface area contributed by atoms with E-state index in [0.717, 1.165) is 0 Å². The standard InChI is InChI=1S/C20H36/c1-2-4-8-12-16-20-18-14-10-6-5-9-13-17-19(20)15-11-7-3-1/h1-18H2/b20-19-. The Morgan fingerprint density at radius 3 is 0.700 bits per heavy atom. The van der Waals surface area contributed by atoms with Crippen LogP contribution in [0.2, 0.25) is 0 Å². The van der Waals surface area contributed by atoms with Crippen molar-refractivity contribution in [3.05, 3.63) is 11.1 Å². The van der Waals surface area contributed by atoms with Crippen LogP contribution >= 0.6 is 0 Å². The van der Waals surface area contributed by atoms with Crippen molar-refractivity contribution in [2.24, 2.45) is 0 Å². The van der Waals surface area contributed by atoms with Gasteiger partial charge in [-0.15, -0.1) is 0 Å². The van der Waals surface area contributed by atoms with Crippen molar-refractivity contribution in [2.45, 2.75) is 116 Å². The Bertz CT molecular complexity index is 246. The maximum Gasteiger partial charge on any atom is -0.0318 e. The molecule has 0 atom stereocenters. The first-order valence-corrected chi connectivity index (χ1v) is 9.66. The highest BCUT2D eigenvalue weighted by Crippen LogP contribution is 2.30. The molecule has 0 unspecified atom stereocenters. The molecule has 0 radical (unpaired) electrons.